The standard InChI is InChI=1S/C13H15N3O2/c17-13(16-7-3-4-8-16)14-9-11-10-5-1-2-6-12(10)18-15-11/h1-2,5-6H,3-4,7-9H2,(H,14,17). The van der Waals surface area contributed by atoms with Crippen LogP contribution in [0.5, 0.6) is 0 Å². The summed E-state index contributed by atoms with van der Waals surface area (Å²) in [4.78, 5) is 13.7. The van der Waals surface area contributed by atoms with Crippen LogP contribution in [-0.4, -0.2) is 29.2 Å². The normalized spacial score (nSPS) is 15.2. The molecular weight excluding hydrogens is 230 g/mol. The molecule has 5 nitrogen and oxygen atoms in total. The van der Waals surface area contributed by atoms with Crippen molar-refractivity contribution in [2.24, 2.45) is 0 Å². The summed E-state index contributed by atoms with van der Waals surface area (Å²) in [5, 5.41) is 7.83. The van der Waals surface area contributed by atoms with E-state index in [1.54, 1.807) is 0 Å². The summed E-state index contributed by atoms with van der Waals surface area (Å²) in [6, 6.07) is 7.64. The van der Waals surface area contributed by atoms with Crippen LogP contribution in [0.3, 0.4) is 0 Å². The van der Waals surface area contributed by atoms with Crippen molar-refractivity contribution in [3.8, 4) is 0 Å². The summed E-state index contributed by atoms with van der Waals surface area (Å²) in [5.74, 6) is 0. The Morgan fingerprint density at radius 1 is 1.33 bits per heavy atom. The third-order valence-electron chi connectivity index (χ3n) is 3.25. The summed E-state index contributed by atoms with van der Waals surface area (Å²) in [7, 11) is 0. The molecule has 0 radical (unpaired) electrons. The van der Waals surface area contributed by atoms with Crippen molar-refractivity contribution < 1.29 is 9.32 Å². The minimum atomic E-state index is -0.0143. The minimum absolute atomic E-state index is 0.0143. The lowest BCUT2D eigenvalue weighted by Crippen LogP contribution is -2.37. The van der Waals surface area contributed by atoms with Crippen LogP contribution in [0.15, 0.2) is 28.8 Å². The average Bonchev–Trinajstić information content (AvgIpc) is 3.06. The number of urea groups is 1. The van der Waals surface area contributed by atoms with Crippen LogP contribution in [0, 0.1) is 0 Å². The van der Waals surface area contributed by atoms with E-state index in [0.717, 1.165) is 42.6 Å². The van der Waals surface area contributed by atoms with Gasteiger partial charge in [0.2, 0.25) is 0 Å². The SMILES string of the molecule is O=C(NCc1noc2ccccc12)N1CCCC1. The number of hydrogen-bond acceptors (Lipinski definition) is 3. The van der Waals surface area contributed by atoms with Gasteiger partial charge >= 0.3 is 6.03 Å². The van der Waals surface area contributed by atoms with E-state index in [0.29, 0.717) is 6.54 Å². The van der Waals surface area contributed by atoms with Crippen molar-refractivity contribution >= 4 is 17.0 Å². The van der Waals surface area contributed by atoms with Crippen LogP contribution in [0.2, 0.25) is 0 Å². The zero-order valence-corrected chi connectivity index (χ0v) is 10.1. The van der Waals surface area contributed by atoms with E-state index in [1.165, 1.54) is 0 Å². The molecule has 1 aromatic carbocycles. The number of nitrogens with one attached hydrogen (secondary N) is 1. The monoisotopic (exact) mass is 245 g/mol. The lowest BCUT2D eigenvalue weighted by molar-refractivity contribution is 0.208. The molecular formula is C13H15N3O2. The fourth-order valence-corrected chi connectivity index (χ4v) is 2.26. The summed E-state index contributed by atoms with van der Waals surface area (Å²) in [5.41, 5.74) is 1.53. The van der Waals surface area contributed by atoms with Gasteiger partial charge in [-0.2, -0.15) is 0 Å². The predicted molar refractivity (Wildman–Crippen MR) is 67.1 cm³/mol. The molecule has 94 valence electrons. The number of rotatable bonds is 2. The molecule has 18 heavy (non-hydrogen) atoms. The third-order valence-corrected chi connectivity index (χ3v) is 3.25. The van der Waals surface area contributed by atoms with Crippen LogP contribution in [0.4, 0.5) is 4.79 Å². The second-order valence-electron chi connectivity index (χ2n) is 4.48. The Bertz CT molecular complexity index is 558. The number of fused-ring (bicyclic) bond motifs is 1. The Morgan fingerprint density at radius 3 is 2.94 bits per heavy atom. The highest BCUT2D eigenvalue weighted by Gasteiger charge is 2.18. The predicted octanol–water partition coefficient (Wildman–Crippen LogP) is 2.13. The zero-order chi connectivity index (χ0) is 12.4. The number of hydrogen-bond donors (Lipinski definition) is 1. The van der Waals surface area contributed by atoms with Crippen LogP contribution >= 0.6 is 0 Å². The van der Waals surface area contributed by atoms with Crippen LogP contribution in [-0.2, 0) is 6.54 Å². The lowest BCUT2D eigenvalue weighted by atomic mass is 10.2. The van der Waals surface area contributed by atoms with Gasteiger partial charge in [-0.3, -0.25) is 0 Å². The number of para-hydroxylation sites is 1. The molecule has 2 aromatic rings. The van der Waals surface area contributed by atoms with Crippen molar-refractivity contribution in [2.45, 2.75) is 19.4 Å². The Labute approximate surface area is 105 Å². The smallest absolute Gasteiger partial charge is 0.317 e. The second kappa shape index (κ2) is 4.68. The molecule has 0 bridgehead atoms. The maximum absolute atomic E-state index is 11.8. The topological polar surface area (TPSA) is 58.4 Å². The zero-order valence-electron chi connectivity index (χ0n) is 10.1. The van der Waals surface area contributed by atoms with E-state index in [9.17, 15) is 4.79 Å². The number of nitrogens with zero attached hydrogens (tertiary/aromatic N) is 2. The molecule has 1 aliphatic rings. The fourth-order valence-electron chi connectivity index (χ4n) is 2.26. The van der Waals surface area contributed by atoms with Gasteiger partial charge in [-0.1, -0.05) is 17.3 Å². The molecule has 1 N–H and O–H groups in total. The Hall–Kier alpha value is -2.04. The van der Waals surface area contributed by atoms with E-state index in [4.69, 9.17) is 4.52 Å². The molecule has 3 rings (SSSR count). The van der Waals surface area contributed by atoms with E-state index in [2.05, 4.69) is 10.5 Å². The molecule has 0 saturated carbocycles. The molecule has 5 heteroatoms. The molecule has 1 saturated heterocycles. The maximum atomic E-state index is 11.8. The number of aromatic nitrogens is 1. The van der Waals surface area contributed by atoms with E-state index >= 15 is 0 Å². The molecule has 0 atom stereocenters. The molecule has 0 unspecified atom stereocenters. The van der Waals surface area contributed by atoms with Gasteiger partial charge in [0.1, 0.15) is 5.69 Å². The van der Waals surface area contributed by atoms with Gasteiger partial charge < -0.3 is 14.7 Å². The fraction of sp³-hybridized carbons (Fsp3) is 0.385. The molecule has 2 heterocycles. The summed E-state index contributed by atoms with van der Waals surface area (Å²) >= 11 is 0. The van der Waals surface area contributed by atoms with Crippen LogP contribution in [0.25, 0.3) is 11.0 Å². The molecule has 0 spiro atoms. The highest BCUT2D eigenvalue weighted by molar-refractivity contribution is 5.80. The number of carbonyl (C=O) groups excluding carboxylic acids is 1. The van der Waals surface area contributed by atoms with Crippen molar-refractivity contribution in [1.29, 1.82) is 0 Å². The van der Waals surface area contributed by atoms with Crippen LogP contribution < -0.4 is 5.32 Å². The molecule has 1 aliphatic heterocycles. The van der Waals surface area contributed by atoms with Gasteiger partial charge in [-0.05, 0) is 25.0 Å². The van der Waals surface area contributed by atoms with Gasteiger partial charge in [-0.15, -0.1) is 0 Å². The first-order chi connectivity index (χ1) is 8.84. The Morgan fingerprint density at radius 2 is 2.11 bits per heavy atom. The van der Waals surface area contributed by atoms with Gasteiger partial charge in [-0.25, -0.2) is 4.79 Å². The van der Waals surface area contributed by atoms with Crippen molar-refractivity contribution in [3.63, 3.8) is 0 Å². The quantitative estimate of drug-likeness (QED) is 0.881. The van der Waals surface area contributed by atoms with Crippen molar-refractivity contribution in [1.82, 2.24) is 15.4 Å². The van der Waals surface area contributed by atoms with E-state index in [-0.39, 0.29) is 6.03 Å². The second-order valence-corrected chi connectivity index (χ2v) is 4.48. The van der Waals surface area contributed by atoms with Crippen LogP contribution in [0.1, 0.15) is 18.5 Å². The molecule has 1 aromatic heterocycles. The number of carbonyl (C=O) groups is 1. The van der Waals surface area contributed by atoms with Crippen molar-refractivity contribution in [2.75, 3.05) is 13.1 Å². The molecule has 0 aliphatic carbocycles. The van der Waals surface area contributed by atoms with Gasteiger partial charge in [0, 0.05) is 18.5 Å². The lowest BCUT2D eigenvalue weighted by Gasteiger charge is -2.15. The van der Waals surface area contributed by atoms with Crippen molar-refractivity contribution in [3.05, 3.63) is 30.0 Å². The first kappa shape index (κ1) is 11.1. The average molecular weight is 245 g/mol. The summed E-state index contributed by atoms with van der Waals surface area (Å²) < 4.78 is 5.19. The number of likely N-dealkylation sites (tertiary alicyclic amines) is 1. The summed E-state index contributed by atoms with van der Waals surface area (Å²) in [6.45, 7) is 2.11. The number of amides is 2. The summed E-state index contributed by atoms with van der Waals surface area (Å²) in [6.07, 6.45) is 2.20. The van der Waals surface area contributed by atoms with Gasteiger partial charge in [0.05, 0.1) is 6.54 Å². The van der Waals surface area contributed by atoms with E-state index in [1.807, 2.05) is 29.2 Å². The first-order valence-electron chi connectivity index (χ1n) is 6.20. The number of benzene rings is 1. The third kappa shape index (κ3) is 2.03. The van der Waals surface area contributed by atoms with Gasteiger partial charge in [0.15, 0.2) is 5.58 Å². The minimum Gasteiger partial charge on any atom is -0.356 e. The highest BCUT2D eigenvalue weighted by atomic mass is 16.5. The first-order valence-corrected chi connectivity index (χ1v) is 6.20. The van der Waals surface area contributed by atoms with E-state index < -0.39 is 0 Å². The van der Waals surface area contributed by atoms with Gasteiger partial charge in [0.25, 0.3) is 0 Å². The molecule has 1 fully saturated rings. The molecule has 2 amide bonds. The maximum Gasteiger partial charge on any atom is 0.317 e. The Kier molecular flexibility index (Phi) is 2.88. The Balaban J connectivity index is 1.67. The highest BCUT2D eigenvalue weighted by Crippen LogP contribution is 2.17. The largest absolute Gasteiger partial charge is 0.356 e.